The van der Waals surface area contributed by atoms with Crippen molar-refractivity contribution in [1.29, 1.82) is 0 Å². The van der Waals surface area contributed by atoms with Gasteiger partial charge in [0, 0.05) is 19.0 Å². The number of anilines is 1. The largest absolute Gasteiger partial charge is 0.449 e. The van der Waals surface area contributed by atoms with Crippen LogP contribution in [0.5, 0.6) is 0 Å². The fourth-order valence-electron chi connectivity index (χ4n) is 5.47. The van der Waals surface area contributed by atoms with Gasteiger partial charge in [-0.2, -0.15) is 0 Å². The number of alkyl carbamates (subject to hydrolysis) is 1. The number of hydrogen-bond donors (Lipinski definition) is 2. The fraction of sp³-hybridized carbons (Fsp3) is 0.355. The second kappa shape index (κ2) is 13.2. The van der Waals surface area contributed by atoms with Crippen LogP contribution in [0, 0.1) is 5.92 Å². The summed E-state index contributed by atoms with van der Waals surface area (Å²) in [5, 5.41) is 5.62. The number of ether oxygens (including phenoxy) is 2. The Balaban J connectivity index is 1.18. The van der Waals surface area contributed by atoms with E-state index in [0.717, 1.165) is 35.1 Å². The number of likely N-dealkylation sites (tertiary alicyclic amines) is 1. The van der Waals surface area contributed by atoms with Crippen LogP contribution in [0.3, 0.4) is 0 Å². The van der Waals surface area contributed by atoms with Crippen molar-refractivity contribution in [2.75, 3.05) is 31.6 Å². The molecule has 3 amide bonds. The Morgan fingerprint density at radius 1 is 0.976 bits per heavy atom. The quantitative estimate of drug-likeness (QED) is 0.226. The van der Waals surface area contributed by atoms with E-state index in [4.69, 9.17) is 9.47 Å². The number of benzene rings is 2. The van der Waals surface area contributed by atoms with Crippen LogP contribution in [0.2, 0.25) is 0 Å². The van der Waals surface area contributed by atoms with E-state index in [1.165, 1.54) is 4.90 Å². The zero-order valence-corrected chi connectivity index (χ0v) is 24.4. The molecule has 2 N–H and O–H groups in total. The lowest BCUT2D eigenvalue weighted by molar-refractivity contribution is -0.120. The van der Waals surface area contributed by atoms with Gasteiger partial charge in [0.25, 0.3) is 0 Å². The van der Waals surface area contributed by atoms with Gasteiger partial charge in [-0.25, -0.2) is 14.6 Å². The molecular formula is C31H33BrN4O5. The number of nitrogens with one attached hydrogen (secondary N) is 2. The first-order chi connectivity index (χ1) is 19.9. The molecule has 10 heteroatoms. The summed E-state index contributed by atoms with van der Waals surface area (Å²) < 4.78 is 11.7. The van der Waals surface area contributed by atoms with Crippen LogP contribution in [0.4, 0.5) is 15.4 Å². The van der Waals surface area contributed by atoms with Crippen molar-refractivity contribution in [3.05, 3.63) is 82.5 Å². The van der Waals surface area contributed by atoms with Crippen LogP contribution in [-0.2, 0) is 14.3 Å². The van der Waals surface area contributed by atoms with E-state index in [-0.39, 0.29) is 44.0 Å². The topological polar surface area (TPSA) is 110 Å². The summed E-state index contributed by atoms with van der Waals surface area (Å²) in [4.78, 5) is 44.5. The number of carbonyl (C=O) groups is 3. The molecule has 9 nitrogen and oxygen atoms in total. The molecule has 0 bridgehead atoms. The van der Waals surface area contributed by atoms with E-state index >= 15 is 0 Å². The number of amides is 3. The highest BCUT2D eigenvalue weighted by Gasteiger charge is 2.41. The van der Waals surface area contributed by atoms with Crippen molar-refractivity contribution in [2.45, 2.75) is 38.1 Å². The summed E-state index contributed by atoms with van der Waals surface area (Å²) in [6.45, 7) is 3.05. The van der Waals surface area contributed by atoms with Crippen LogP contribution >= 0.6 is 15.9 Å². The number of fused-ring (bicyclic) bond motifs is 3. The van der Waals surface area contributed by atoms with Crippen molar-refractivity contribution >= 4 is 39.8 Å². The van der Waals surface area contributed by atoms with Gasteiger partial charge < -0.3 is 20.1 Å². The zero-order chi connectivity index (χ0) is 28.8. The van der Waals surface area contributed by atoms with Crippen LogP contribution in [0.25, 0.3) is 11.1 Å². The van der Waals surface area contributed by atoms with Gasteiger partial charge in [0.05, 0.1) is 6.61 Å². The third-order valence-electron chi connectivity index (χ3n) is 7.49. The average molecular weight is 622 g/mol. The Morgan fingerprint density at radius 2 is 1.68 bits per heavy atom. The monoisotopic (exact) mass is 620 g/mol. The number of rotatable bonds is 9. The second-order valence-electron chi connectivity index (χ2n) is 10.3. The molecule has 2 aromatic carbocycles. The normalized spacial score (nSPS) is 17.5. The molecule has 1 aliphatic heterocycles. The number of aromatic nitrogens is 1. The maximum atomic E-state index is 13.2. The lowest BCUT2D eigenvalue weighted by Gasteiger charge is -2.23. The first-order valence-electron chi connectivity index (χ1n) is 13.9. The highest BCUT2D eigenvalue weighted by atomic mass is 79.9. The van der Waals surface area contributed by atoms with Crippen molar-refractivity contribution in [1.82, 2.24) is 15.2 Å². The molecule has 2 heterocycles. The average Bonchev–Trinajstić information content (AvgIpc) is 3.55. The molecule has 0 radical (unpaired) electrons. The van der Waals surface area contributed by atoms with Crippen LogP contribution in [-0.4, -0.2) is 60.3 Å². The van der Waals surface area contributed by atoms with Gasteiger partial charge in [0.2, 0.25) is 5.91 Å². The molecule has 1 aromatic heterocycles. The molecule has 1 saturated heterocycles. The Morgan fingerprint density at radius 3 is 2.37 bits per heavy atom. The first-order valence-corrected chi connectivity index (χ1v) is 14.7. The maximum absolute atomic E-state index is 13.2. The van der Waals surface area contributed by atoms with Gasteiger partial charge in [-0.1, -0.05) is 67.9 Å². The SMILES string of the molecule is CCCCOC(=O)N1CC(CNC(=O)OCC2c3ccccc3-c3ccccc32)CC1C(=O)Nc1cccc(Br)n1. The third kappa shape index (κ3) is 6.70. The maximum Gasteiger partial charge on any atom is 0.410 e. The number of nitrogens with zero attached hydrogens (tertiary/aromatic N) is 2. The number of halogens is 1. The number of carbonyl (C=O) groups excluding carboxylic acids is 3. The standard InChI is InChI=1S/C31H33BrN4O5/c1-2-3-15-40-31(39)36-18-20(16-26(36)29(37)35-28-14-8-13-27(32)34-28)17-33-30(38)41-19-25-23-11-6-4-9-21(23)22-10-5-7-12-24(22)25/h4-14,20,25-26H,2-3,15-19H2,1H3,(H,33,38)(H,34,35,37). The molecule has 2 unspecified atom stereocenters. The third-order valence-corrected chi connectivity index (χ3v) is 7.94. The summed E-state index contributed by atoms with van der Waals surface area (Å²) in [6.07, 6.45) is 0.926. The van der Waals surface area contributed by atoms with Crippen LogP contribution < -0.4 is 10.6 Å². The van der Waals surface area contributed by atoms with Crippen molar-refractivity contribution in [3.63, 3.8) is 0 Å². The minimum Gasteiger partial charge on any atom is -0.449 e. The minimum atomic E-state index is -0.751. The lowest BCUT2D eigenvalue weighted by atomic mass is 9.98. The Kier molecular flexibility index (Phi) is 9.18. The molecule has 2 aliphatic rings. The van der Waals surface area contributed by atoms with Gasteiger partial charge in [-0.05, 0) is 69.1 Å². The second-order valence-corrected chi connectivity index (χ2v) is 11.1. The highest BCUT2D eigenvalue weighted by molar-refractivity contribution is 9.10. The molecule has 214 valence electrons. The highest BCUT2D eigenvalue weighted by Crippen LogP contribution is 2.44. The predicted molar refractivity (Wildman–Crippen MR) is 158 cm³/mol. The molecule has 41 heavy (non-hydrogen) atoms. The minimum absolute atomic E-state index is 0.0345. The molecule has 2 atom stereocenters. The van der Waals surface area contributed by atoms with Gasteiger partial charge in [0.15, 0.2) is 0 Å². The summed E-state index contributed by atoms with van der Waals surface area (Å²) in [7, 11) is 0. The van der Waals surface area contributed by atoms with E-state index in [9.17, 15) is 14.4 Å². The summed E-state index contributed by atoms with van der Waals surface area (Å²) in [6, 6.07) is 20.8. The van der Waals surface area contributed by atoms with E-state index in [1.54, 1.807) is 18.2 Å². The van der Waals surface area contributed by atoms with Crippen molar-refractivity contribution in [3.8, 4) is 11.1 Å². The zero-order valence-electron chi connectivity index (χ0n) is 22.8. The van der Waals surface area contributed by atoms with Crippen LogP contribution in [0.1, 0.15) is 43.2 Å². The number of pyridine rings is 1. The molecule has 3 aromatic rings. The fourth-order valence-corrected chi connectivity index (χ4v) is 5.82. The predicted octanol–water partition coefficient (Wildman–Crippen LogP) is 5.95. The lowest BCUT2D eigenvalue weighted by Crippen LogP contribution is -2.43. The van der Waals surface area contributed by atoms with Crippen molar-refractivity contribution < 1.29 is 23.9 Å². The smallest absolute Gasteiger partial charge is 0.410 e. The Hall–Kier alpha value is -3.92. The summed E-state index contributed by atoms with van der Waals surface area (Å²) >= 11 is 3.30. The molecule has 1 aliphatic carbocycles. The molecular weight excluding hydrogens is 588 g/mol. The van der Waals surface area contributed by atoms with Crippen LogP contribution in [0.15, 0.2) is 71.3 Å². The van der Waals surface area contributed by atoms with Gasteiger partial charge in [-0.3, -0.25) is 9.69 Å². The summed E-state index contributed by atoms with van der Waals surface area (Å²) in [5.74, 6) is -0.163. The molecule has 5 rings (SSSR count). The number of hydrogen-bond acceptors (Lipinski definition) is 6. The van der Waals surface area contributed by atoms with Gasteiger partial charge in [-0.15, -0.1) is 0 Å². The molecule has 0 spiro atoms. The molecule has 0 saturated carbocycles. The van der Waals surface area contributed by atoms with E-state index in [0.29, 0.717) is 16.8 Å². The van der Waals surface area contributed by atoms with Gasteiger partial charge in [0.1, 0.15) is 23.1 Å². The van der Waals surface area contributed by atoms with Crippen molar-refractivity contribution in [2.24, 2.45) is 5.92 Å². The Bertz CT molecular complexity index is 1370. The van der Waals surface area contributed by atoms with E-state index in [2.05, 4.69) is 55.8 Å². The van der Waals surface area contributed by atoms with E-state index < -0.39 is 18.2 Å². The van der Waals surface area contributed by atoms with Gasteiger partial charge >= 0.3 is 12.2 Å². The van der Waals surface area contributed by atoms with E-state index in [1.807, 2.05) is 31.2 Å². The summed E-state index contributed by atoms with van der Waals surface area (Å²) in [5.41, 5.74) is 4.61. The Labute approximate surface area is 247 Å². The first kappa shape index (κ1) is 28.6. The molecule has 1 fully saturated rings. The number of unbranched alkanes of at least 4 members (excludes halogenated alkanes) is 1.